The molecule has 37 heavy (non-hydrogen) atoms. The van der Waals surface area contributed by atoms with Gasteiger partial charge in [-0.25, -0.2) is 4.98 Å². The van der Waals surface area contributed by atoms with E-state index in [1.54, 1.807) is 6.26 Å². The summed E-state index contributed by atoms with van der Waals surface area (Å²) in [5.41, 5.74) is 8.01. The van der Waals surface area contributed by atoms with Gasteiger partial charge in [0, 0.05) is 58.7 Å². The number of aromatic nitrogens is 3. The number of nitrogens with zero attached hydrogens (tertiary/aromatic N) is 4. The number of benzene rings is 1. The molecule has 8 nitrogen and oxygen atoms in total. The molecule has 0 N–H and O–H groups in total. The molecule has 186 valence electrons. The fourth-order valence-electron chi connectivity index (χ4n) is 5.66. The maximum absolute atomic E-state index is 12.5. The van der Waals surface area contributed by atoms with Crippen LogP contribution in [-0.2, 0) is 16.8 Å². The van der Waals surface area contributed by atoms with E-state index >= 15 is 0 Å². The van der Waals surface area contributed by atoms with Gasteiger partial charge in [0.15, 0.2) is 0 Å². The average molecular weight is 495 g/mol. The number of hydrogen-bond acceptors (Lipinski definition) is 7. The van der Waals surface area contributed by atoms with Gasteiger partial charge in [0.05, 0.1) is 6.04 Å². The summed E-state index contributed by atoms with van der Waals surface area (Å²) in [4.78, 5) is 23.7. The number of fused-ring (bicyclic) bond motifs is 6. The van der Waals surface area contributed by atoms with Crippen LogP contribution in [0, 0.1) is 6.92 Å². The van der Waals surface area contributed by atoms with Gasteiger partial charge in [0.1, 0.15) is 35.6 Å². The van der Waals surface area contributed by atoms with Crippen LogP contribution >= 0.6 is 0 Å². The van der Waals surface area contributed by atoms with Gasteiger partial charge in [-0.15, -0.1) is 0 Å². The average Bonchev–Trinajstić information content (AvgIpc) is 3.49. The van der Waals surface area contributed by atoms with Crippen molar-refractivity contribution in [1.29, 1.82) is 0 Å². The number of anilines is 1. The highest BCUT2D eigenvalue weighted by Crippen LogP contribution is 2.46. The predicted octanol–water partition coefficient (Wildman–Crippen LogP) is 5.21. The molecule has 4 aromatic rings. The van der Waals surface area contributed by atoms with E-state index in [1.807, 2.05) is 42.4 Å². The van der Waals surface area contributed by atoms with Crippen molar-refractivity contribution in [2.75, 3.05) is 11.5 Å². The van der Waals surface area contributed by atoms with E-state index in [-0.39, 0.29) is 11.9 Å². The third kappa shape index (κ3) is 3.50. The molecule has 8 heteroatoms. The maximum atomic E-state index is 12.5. The zero-order chi connectivity index (χ0) is 25.3. The van der Waals surface area contributed by atoms with Crippen LogP contribution in [0.1, 0.15) is 49.1 Å². The molecule has 1 atom stereocenters. The van der Waals surface area contributed by atoms with E-state index in [4.69, 9.17) is 19.0 Å². The Bertz CT molecular complexity index is 1570. The lowest BCUT2D eigenvalue weighted by atomic mass is 9.86. The lowest BCUT2D eigenvalue weighted by Gasteiger charge is -2.35. The summed E-state index contributed by atoms with van der Waals surface area (Å²) in [6.07, 6.45) is 7.36. The lowest BCUT2D eigenvalue weighted by Crippen LogP contribution is -2.40. The second kappa shape index (κ2) is 7.90. The summed E-state index contributed by atoms with van der Waals surface area (Å²) in [6.45, 7) is 6.63. The van der Waals surface area contributed by atoms with Crippen molar-refractivity contribution in [1.82, 2.24) is 15.1 Å². The summed E-state index contributed by atoms with van der Waals surface area (Å²) in [5.74, 6) is 1.47. The summed E-state index contributed by atoms with van der Waals surface area (Å²) in [7, 11) is 0. The first-order valence-corrected chi connectivity index (χ1v) is 12.6. The van der Waals surface area contributed by atoms with Crippen molar-refractivity contribution in [2.24, 2.45) is 0 Å². The summed E-state index contributed by atoms with van der Waals surface area (Å²) in [5, 5.41) is 4.14. The van der Waals surface area contributed by atoms with Crippen LogP contribution < -0.4 is 14.4 Å². The number of pyridine rings is 2. The van der Waals surface area contributed by atoms with Gasteiger partial charge < -0.3 is 18.9 Å². The van der Waals surface area contributed by atoms with Crippen LogP contribution in [0.25, 0.3) is 22.4 Å². The van der Waals surface area contributed by atoms with E-state index < -0.39 is 5.60 Å². The van der Waals surface area contributed by atoms with E-state index in [1.165, 1.54) is 0 Å². The lowest BCUT2D eigenvalue weighted by molar-refractivity contribution is -0.117. The molecule has 1 fully saturated rings. The van der Waals surface area contributed by atoms with Gasteiger partial charge in [-0.3, -0.25) is 9.78 Å². The number of aryl methyl sites for hydroxylation is 1. The van der Waals surface area contributed by atoms with Crippen molar-refractivity contribution in [3.63, 3.8) is 0 Å². The Kier molecular flexibility index (Phi) is 4.70. The predicted molar refractivity (Wildman–Crippen MR) is 137 cm³/mol. The smallest absolute Gasteiger partial charge is 0.238 e. The van der Waals surface area contributed by atoms with Gasteiger partial charge in [-0.2, -0.15) is 0 Å². The number of hydrogen-bond donors (Lipinski definition) is 0. The van der Waals surface area contributed by atoms with E-state index in [9.17, 15) is 4.79 Å². The first-order valence-electron chi connectivity index (χ1n) is 12.6. The highest BCUT2D eigenvalue weighted by atomic mass is 16.5. The summed E-state index contributed by atoms with van der Waals surface area (Å²) < 4.78 is 17.4. The van der Waals surface area contributed by atoms with Crippen molar-refractivity contribution in [2.45, 2.75) is 51.7 Å². The third-order valence-corrected chi connectivity index (χ3v) is 7.54. The Labute approximate surface area is 214 Å². The number of carbonyl (C=O) groups is 1. The zero-order valence-corrected chi connectivity index (χ0v) is 20.9. The molecule has 0 bridgehead atoms. The van der Waals surface area contributed by atoms with Crippen molar-refractivity contribution >= 4 is 11.6 Å². The minimum atomic E-state index is -0.547. The minimum absolute atomic E-state index is 0.102. The SMILES string of the molecule is Cc1conc1-c1ccc2c(c1)OC(C)(C)c1cc(Cc3cnc4c(c3)N3C(=O)CC[C@H]3CO4)ncc1-2. The van der Waals surface area contributed by atoms with Gasteiger partial charge in [-0.05, 0) is 57.0 Å². The van der Waals surface area contributed by atoms with Crippen LogP contribution in [0.4, 0.5) is 5.69 Å². The van der Waals surface area contributed by atoms with Crippen molar-refractivity contribution < 1.29 is 18.8 Å². The second-order valence-corrected chi connectivity index (χ2v) is 10.5. The molecular weight excluding hydrogens is 468 g/mol. The number of amides is 1. The minimum Gasteiger partial charge on any atom is -0.482 e. The van der Waals surface area contributed by atoms with Crippen LogP contribution in [0.2, 0.25) is 0 Å². The number of carbonyl (C=O) groups excluding carboxylic acids is 1. The molecule has 0 radical (unpaired) electrons. The largest absolute Gasteiger partial charge is 0.482 e. The number of ether oxygens (including phenoxy) is 2. The molecule has 0 saturated carbocycles. The molecule has 0 aliphatic carbocycles. The molecular formula is C29H26N4O4. The Morgan fingerprint density at radius 3 is 2.84 bits per heavy atom. The Balaban J connectivity index is 1.22. The van der Waals surface area contributed by atoms with Crippen LogP contribution in [0.3, 0.4) is 0 Å². The standard InChI is InChI=1S/C29H26N4O4/c1-16-14-36-32-27(16)18-4-6-21-22-13-30-19(11-23(22)29(2,3)37-25(21)10-18)8-17-9-24-28(31-12-17)35-15-20-5-7-26(34)33(20)24/h4,6,9-14,20H,5,7-8,15H2,1-3H3/t20-/m0/s1. The summed E-state index contributed by atoms with van der Waals surface area (Å²) in [6, 6.07) is 10.4. The van der Waals surface area contributed by atoms with E-state index in [0.717, 1.165) is 62.6 Å². The topological polar surface area (TPSA) is 90.6 Å². The van der Waals surface area contributed by atoms with Crippen molar-refractivity contribution in [3.8, 4) is 34.0 Å². The Morgan fingerprint density at radius 2 is 2.00 bits per heavy atom. The van der Waals surface area contributed by atoms with Gasteiger partial charge in [0.25, 0.3) is 0 Å². The Hall–Kier alpha value is -4.20. The molecule has 1 amide bonds. The molecule has 3 aliphatic rings. The van der Waals surface area contributed by atoms with E-state index in [2.05, 4.69) is 36.1 Å². The first kappa shape index (κ1) is 22.0. The Morgan fingerprint density at radius 1 is 1.11 bits per heavy atom. The second-order valence-electron chi connectivity index (χ2n) is 10.5. The molecule has 1 saturated heterocycles. The normalized spacial score (nSPS) is 18.8. The van der Waals surface area contributed by atoms with E-state index in [0.29, 0.717) is 25.3 Å². The monoisotopic (exact) mass is 494 g/mol. The van der Waals surface area contributed by atoms with Crippen molar-refractivity contribution in [3.05, 3.63) is 71.4 Å². The van der Waals surface area contributed by atoms with Gasteiger partial charge >= 0.3 is 0 Å². The molecule has 0 spiro atoms. The van der Waals surface area contributed by atoms with Crippen LogP contribution in [-0.4, -0.2) is 33.7 Å². The molecule has 0 unspecified atom stereocenters. The zero-order valence-electron chi connectivity index (χ0n) is 20.9. The third-order valence-electron chi connectivity index (χ3n) is 7.54. The molecule has 3 aliphatic heterocycles. The molecule has 3 aromatic heterocycles. The quantitative estimate of drug-likeness (QED) is 0.386. The first-order chi connectivity index (χ1) is 17.9. The van der Waals surface area contributed by atoms with Crippen LogP contribution in [0.15, 0.2) is 53.5 Å². The number of rotatable bonds is 3. The van der Waals surface area contributed by atoms with Gasteiger partial charge in [-0.1, -0.05) is 11.2 Å². The van der Waals surface area contributed by atoms with Gasteiger partial charge in [0.2, 0.25) is 11.8 Å². The highest BCUT2D eigenvalue weighted by molar-refractivity contribution is 5.97. The highest BCUT2D eigenvalue weighted by Gasteiger charge is 2.38. The molecule has 1 aromatic carbocycles. The fraction of sp³-hybridized carbons (Fsp3) is 0.310. The van der Waals surface area contributed by atoms with Crippen LogP contribution in [0.5, 0.6) is 11.6 Å². The fourth-order valence-corrected chi connectivity index (χ4v) is 5.66. The maximum Gasteiger partial charge on any atom is 0.238 e. The molecule has 7 rings (SSSR count). The molecule has 6 heterocycles. The summed E-state index contributed by atoms with van der Waals surface area (Å²) >= 11 is 0.